The summed E-state index contributed by atoms with van der Waals surface area (Å²) in [5, 5.41) is 0. The molecule has 0 aromatic carbocycles. The van der Waals surface area contributed by atoms with Crippen molar-refractivity contribution in [3.05, 3.63) is 0 Å². The highest BCUT2D eigenvalue weighted by molar-refractivity contribution is 5.85. The Labute approximate surface area is 111 Å². The number of esters is 1. The molecule has 0 aromatic heterocycles. The summed E-state index contributed by atoms with van der Waals surface area (Å²) in [6, 6.07) is -0.558. The van der Waals surface area contributed by atoms with Crippen LogP contribution in [-0.2, 0) is 14.3 Å². The fourth-order valence-electron chi connectivity index (χ4n) is 1.93. The van der Waals surface area contributed by atoms with Gasteiger partial charge >= 0.3 is 5.97 Å². The summed E-state index contributed by atoms with van der Waals surface area (Å²) >= 11 is 0. The van der Waals surface area contributed by atoms with Gasteiger partial charge < -0.3 is 9.64 Å². The molecule has 1 amide bonds. The van der Waals surface area contributed by atoms with E-state index in [1.807, 2.05) is 41.5 Å². The molecule has 0 rings (SSSR count). The number of hydrogen-bond acceptors (Lipinski definition) is 3. The first-order chi connectivity index (χ1) is 7.90. The molecule has 0 spiro atoms. The molecule has 0 saturated heterocycles. The second-order valence-corrected chi connectivity index (χ2v) is 7.03. The Morgan fingerprint density at radius 3 is 1.83 bits per heavy atom. The van der Waals surface area contributed by atoms with Crippen molar-refractivity contribution < 1.29 is 14.3 Å². The van der Waals surface area contributed by atoms with Gasteiger partial charge in [-0.2, -0.15) is 0 Å². The van der Waals surface area contributed by atoms with Crippen LogP contribution in [0.4, 0.5) is 0 Å². The topological polar surface area (TPSA) is 46.6 Å². The molecule has 1 atom stereocenters. The Kier molecular flexibility index (Phi) is 5.38. The monoisotopic (exact) mass is 257 g/mol. The molecule has 0 bridgehead atoms. The number of amides is 1. The molecule has 0 aliphatic carbocycles. The van der Waals surface area contributed by atoms with Crippen LogP contribution >= 0.6 is 0 Å². The first kappa shape index (κ1) is 16.9. The van der Waals surface area contributed by atoms with Gasteiger partial charge in [-0.05, 0) is 10.8 Å². The zero-order valence-corrected chi connectivity index (χ0v) is 13.0. The SMILES string of the molecule is COC(=O)C(N(C)C(=O)CC(C)(C)C)C(C)(C)C. The molecule has 0 fully saturated rings. The highest BCUT2D eigenvalue weighted by atomic mass is 16.5. The molecule has 18 heavy (non-hydrogen) atoms. The van der Waals surface area contributed by atoms with Crippen LogP contribution in [0, 0.1) is 10.8 Å². The van der Waals surface area contributed by atoms with E-state index in [0.29, 0.717) is 6.42 Å². The maximum atomic E-state index is 12.2. The zero-order valence-electron chi connectivity index (χ0n) is 13.0. The van der Waals surface area contributed by atoms with E-state index in [1.54, 1.807) is 7.05 Å². The maximum Gasteiger partial charge on any atom is 0.329 e. The zero-order chi connectivity index (χ0) is 14.7. The van der Waals surface area contributed by atoms with Gasteiger partial charge in [0.2, 0.25) is 5.91 Å². The molecule has 4 heteroatoms. The minimum absolute atomic E-state index is 0.0344. The molecular weight excluding hydrogens is 230 g/mol. The van der Waals surface area contributed by atoms with Crippen LogP contribution in [0.25, 0.3) is 0 Å². The number of ether oxygens (including phenoxy) is 1. The lowest BCUT2D eigenvalue weighted by atomic mass is 9.84. The molecule has 0 aliphatic heterocycles. The van der Waals surface area contributed by atoms with Gasteiger partial charge in [0.05, 0.1) is 7.11 Å². The van der Waals surface area contributed by atoms with E-state index in [4.69, 9.17) is 4.74 Å². The van der Waals surface area contributed by atoms with Crippen LogP contribution in [0.5, 0.6) is 0 Å². The van der Waals surface area contributed by atoms with Crippen molar-refractivity contribution in [3.63, 3.8) is 0 Å². The fraction of sp³-hybridized carbons (Fsp3) is 0.857. The van der Waals surface area contributed by atoms with Crippen molar-refractivity contribution in [3.8, 4) is 0 Å². The highest BCUT2D eigenvalue weighted by Gasteiger charge is 2.38. The largest absolute Gasteiger partial charge is 0.467 e. The third-order valence-electron chi connectivity index (χ3n) is 2.71. The maximum absolute atomic E-state index is 12.2. The lowest BCUT2D eigenvalue weighted by Gasteiger charge is -2.36. The van der Waals surface area contributed by atoms with Crippen LogP contribution in [-0.4, -0.2) is 37.0 Å². The van der Waals surface area contributed by atoms with E-state index in [2.05, 4.69) is 0 Å². The van der Waals surface area contributed by atoms with Crippen LogP contribution in [0.15, 0.2) is 0 Å². The van der Waals surface area contributed by atoms with Crippen molar-refractivity contribution in [2.24, 2.45) is 10.8 Å². The summed E-state index contributed by atoms with van der Waals surface area (Å²) in [6.45, 7) is 11.8. The number of nitrogens with zero attached hydrogens (tertiary/aromatic N) is 1. The average molecular weight is 257 g/mol. The third kappa shape index (κ3) is 5.07. The lowest BCUT2D eigenvalue weighted by Crippen LogP contribution is -2.51. The summed E-state index contributed by atoms with van der Waals surface area (Å²) in [5.74, 6) is -0.403. The summed E-state index contributed by atoms with van der Waals surface area (Å²) in [7, 11) is 3.02. The van der Waals surface area contributed by atoms with Crippen LogP contribution in [0.3, 0.4) is 0 Å². The van der Waals surface area contributed by atoms with Gasteiger partial charge in [-0.3, -0.25) is 4.79 Å². The first-order valence-electron chi connectivity index (χ1n) is 6.23. The molecule has 0 N–H and O–H groups in total. The van der Waals surface area contributed by atoms with Crippen molar-refractivity contribution >= 4 is 11.9 Å². The molecular formula is C14H27NO3. The van der Waals surface area contributed by atoms with E-state index >= 15 is 0 Å². The minimum atomic E-state index is -0.558. The van der Waals surface area contributed by atoms with E-state index in [1.165, 1.54) is 12.0 Å². The standard InChI is InChI=1S/C14H27NO3/c1-13(2,3)9-10(16)15(7)11(12(17)18-8)14(4,5)6/h11H,9H2,1-8H3. The minimum Gasteiger partial charge on any atom is -0.467 e. The summed E-state index contributed by atoms with van der Waals surface area (Å²) < 4.78 is 4.81. The van der Waals surface area contributed by atoms with Crippen LogP contribution in [0.2, 0.25) is 0 Å². The second kappa shape index (κ2) is 5.72. The van der Waals surface area contributed by atoms with E-state index in [0.717, 1.165) is 0 Å². The molecule has 106 valence electrons. The van der Waals surface area contributed by atoms with Gasteiger partial charge in [-0.25, -0.2) is 4.79 Å². The Morgan fingerprint density at radius 1 is 1.11 bits per heavy atom. The highest BCUT2D eigenvalue weighted by Crippen LogP contribution is 2.27. The van der Waals surface area contributed by atoms with E-state index < -0.39 is 6.04 Å². The molecule has 0 heterocycles. The Morgan fingerprint density at radius 2 is 1.56 bits per heavy atom. The number of hydrogen-bond donors (Lipinski definition) is 0. The summed E-state index contributed by atoms with van der Waals surface area (Å²) in [6.07, 6.45) is 0.410. The van der Waals surface area contributed by atoms with Gasteiger partial charge in [0.1, 0.15) is 6.04 Å². The molecule has 0 radical (unpaired) electrons. The van der Waals surface area contributed by atoms with Crippen LogP contribution < -0.4 is 0 Å². The van der Waals surface area contributed by atoms with Crippen molar-refractivity contribution in [2.45, 2.75) is 54.0 Å². The molecule has 0 saturated carbocycles. The Bertz CT molecular complexity index is 310. The van der Waals surface area contributed by atoms with Crippen molar-refractivity contribution in [1.82, 2.24) is 4.90 Å². The molecule has 0 aromatic rings. The summed E-state index contributed by atoms with van der Waals surface area (Å²) in [5.41, 5.74) is -0.445. The van der Waals surface area contributed by atoms with Crippen molar-refractivity contribution in [1.29, 1.82) is 0 Å². The van der Waals surface area contributed by atoms with Gasteiger partial charge in [-0.1, -0.05) is 41.5 Å². The molecule has 1 unspecified atom stereocenters. The van der Waals surface area contributed by atoms with E-state index in [-0.39, 0.29) is 22.7 Å². The number of rotatable bonds is 3. The smallest absolute Gasteiger partial charge is 0.329 e. The lowest BCUT2D eigenvalue weighted by molar-refractivity contribution is -0.157. The Hall–Kier alpha value is -1.06. The normalized spacial score (nSPS) is 14.0. The summed E-state index contributed by atoms with van der Waals surface area (Å²) in [4.78, 5) is 25.6. The van der Waals surface area contributed by atoms with Crippen molar-refractivity contribution in [2.75, 3.05) is 14.2 Å². The van der Waals surface area contributed by atoms with E-state index in [9.17, 15) is 9.59 Å². The quantitative estimate of drug-likeness (QED) is 0.730. The van der Waals surface area contributed by atoms with Gasteiger partial charge in [0.15, 0.2) is 0 Å². The average Bonchev–Trinajstić information content (AvgIpc) is 2.12. The fourth-order valence-corrected chi connectivity index (χ4v) is 1.93. The van der Waals surface area contributed by atoms with Gasteiger partial charge in [0.25, 0.3) is 0 Å². The number of likely N-dealkylation sites (N-methyl/N-ethyl adjacent to an activating group) is 1. The molecule has 4 nitrogen and oxygen atoms in total. The van der Waals surface area contributed by atoms with Gasteiger partial charge in [0, 0.05) is 13.5 Å². The predicted octanol–water partition coefficient (Wildman–Crippen LogP) is 2.47. The Balaban J connectivity index is 5.04. The number of carbonyl (C=O) groups is 2. The second-order valence-electron chi connectivity index (χ2n) is 7.03. The number of methoxy groups -OCH3 is 1. The first-order valence-corrected chi connectivity index (χ1v) is 6.23. The van der Waals surface area contributed by atoms with Crippen LogP contribution in [0.1, 0.15) is 48.0 Å². The molecule has 0 aliphatic rings. The van der Waals surface area contributed by atoms with Gasteiger partial charge in [-0.15, -0.1) is 0 Å². The third-order valence-corrected chi connectivity index (χ3v) is 2.71. The number of carbonyl (C=O) groups excluding carboxylic acids is 2. The predicted molar refractivity (Wildman–Crippen MR) is 72.1 cm³/mol.